The standard InChI is InChI=1S/C16H19N3O2/c1-3-11-8-12(19(2)18-11)9-14(20)16-10-17-13-6-4-5-7-15(13)21-16/h4-8,16-17H,3,9-10H2,1-2H3. The minimum atomic E-state index is -0.445. The van der Waals surface area contributed by atoms with Gasteiger partial charge in [-0.05, 0) is 24.6 Å². The van der Waals surface area contributed by atoms with Crippen LogP contribution in [0.15, 0.2) is 30.3 Å². The van der Waals surface area contributed by atoms with Crippen molar-refractivity contribution in [2.24, 2.45) is 7.05 Å². The Bertz CT molecular complexity index is 663. The zero-order valence-corrected chi connectivity index (χ0v) is 12.3. The van der Waals surface area contributed by atoms with E-state index in [2.05, 4.69) is 17.3 Å². The van der Waals surface area contributed by atoms with Crippen LogP contribution in [0.25, 0.3) is 0 Å². The number of carbonyl (C=O) groups excluding carboxylic acids is 1. The highest BCUT2D eigenvalue weighted by Crippen LogP contribution is 2.28. The number of fused-ring (bicyclic) bond motifs is 1. The Kier molecular flexibility index (Phi) is 3.64. The lowest BCUT2D eigenvalue weighted by Gasteiger charge is -2.26. The molecule has 5 heteroatoms. The molecule has 5 nitrogen and oxygen atoms in total. The number of ether oxygens (including phenoxy) is 1. The quantitative estimate of drug-likeness (QED) is 0.933. The van der Waals surface area contributed by atoms with Crippen LogP contribution in [0, 0.1) is 0 Å². The first-order valence-electron chi connectivity index (χ1n) is 7.21. The van der Waals surface area contributed by atoms with Gasteiger partial charge in [0.1, 0.15) is 5.75 Å². The van der Waals surface area contributed by atoms with E-state index in [4.69, 9.17) is 4.74 Å². The van der Waals surface area contributed by atoms with Crippen molar-refractivity contribution in [3.8, 4) is 5.75 Å². The number of aryl methyl sites for hydroxylation is 2. The van der Waals surface area contributed by atoms with Crippen molar-refractivity contribution in [2.45, 2.75) is 25.9 Å². The van der Waals surface area contributed by atoms with Crippen molar-refractivity contribution in [3.05, 3.63) is 41.7 Å². The lowest BCUT2D eigenvalue weighted by atomic mass is 10.1. The van der Waals surface area contributed by atoms with Gasteiger partial charge in [0, 0.05) is 12.7 Å². The summed E-state index contributed by atoms with van der Waals surface area (Å²) in [5.41, 5.74) is 2.88. The fourth-order valence-corrected chi connectivity index (χ4v) is 2.49. The van der Waals surface area contributed by atoms with Crippen LogP contribution >= 0.6 is 0 Å². The zero-order valence-electron chi connectivity index (χ0n) is 12.3. The van der Waals surface area contributed by atoms with Crippen LogP contribution in [0.3, 0.4) is 0 Å². The van der Waals surface area contributed by atoms with Crippen molar-refractivity contribution >= 4 is 11.5 Å². The first-order valence-corrected chi connectivity index (χ1v) is 7.21. The first-order chi connectivity index (χ1) is 10.2. The number of ketones is 1. The Morgan fingerprint density at radius 3 is 3.05 bits per heavy atom. The summed E-state index contributed by atoms with van der Waals surface area (Å²) in [7, 11) is 1.87. The van der Waals surface area contributed by atoms with Crippen molar-refractivity contribution in [3.63, 3.8) is 0 Å². The minimum Gasteiger partial charge on any atom is -0.479 e. The van der Waals surface area contributed by atoms with E-state index in [9.17, 15) is 4.79 Å². The van der Waals surface area contributed by atoms with Gasteiger partial charge in [-0.1, -0.05) is 19.1 Å². The fourth-order valence-electron chi connectivity index (χ4n) is 2.49. The van der Waals surface area contributed by atoms with Crippen molar-refractivity contribution in [2.75, 3.05) is 11.9 Å². The van der Waals surface area contributed by atoms with Gasteiger partial charge in [0.2, 0.25) is 0 Å². The molecule has 0 saturated heterocycles. The third-order valence-electron chi connectivity index (χ3n) is 3.74. The molecule has 0 saturated carbocycles. The second kappa shape index (κ2) is 5.60. The summed E-state index contributed by atoms with van der Waals surface area (Å²) in [5, 5.41) is 7.61. The van der Waals surface area contributed by atoms with Crippen LogP contribution in [0.5, 0.6) is 5.75 Å². The Hall–Kier alpha value is -2.30. The smallest absolute Gasteiger partial charge is 0.181 e. The van der Waals surface area contributed by atoms with Crippen LogP contribution in [0.2, 0.25) is 0 Å². The van der Waals surface area contributed by atoms with Gasteiger partial charge >= 0.3 is 0 Å². The second-order valence-electron chi connectivity index (χ2n) is 5.23. The van der Waals surface area contributed by atoms with E-state index in [-0.39, 0.29) is 5.78 Å². The maximum atomic E-state index is 12.4. The molecule has 0 bridgehead atoms. The highest BCUT2D eigenvalue weighted by molar-refractivity contribution is 5.86. The lowest BCUT2D eigenvalue weighted by molar-refractivity contribution is -0.124. The van der Waals surface area contributed by atoms with Crippen LogP contribution < -0.4 is 10.1 Å². The Labute approximate surface area is 123 Å². The van der Waals surface area contributed by atoms with Crippen LogP contribution in [0.1, 0.15) is 18.3 Å². The van der Waals surface area contributed by atoms with Crippen molar-refractivity contribution in [1.29, 1.82) is 0 Å². The predicted octanol–water partition coefficient (Wildman–Crippen LogP) is 1.97. The Balaban J connectivity index is 1.70. The molecule has 110 valence electrons. The highest BCUT2D eigenvalue weighted by atomic mass is 16.5. The number of hydrogen-bond acceptors (Lipinski definition) is 4. The SMILES string of the molecule is CCc1cc(CC(=O)C2CNc3ccccc3O2)n(C)n1. The molecule has 2 heterocycles. The third-order valence-corrected chi connectivity index (χ3v) is 3.74. The second-order valence-corrected chi connectivity index (χ2v) is 5.23. The van der Waals surface area contributed by atoms with E-state index in [1.165, 1.54) is 0 Å². The average Bonchev–Trinajstić information content (AvgIpc) is 2.87. The fraction of sp³-hybridized carbons (Fsp3) is 0.375. The maximum Gasteiger partial charge on any atom is 0.181 e. The molecule has 3 rings (SSSR count). The summed E-state index contributed by atoms with van der Waals surface area (Å²) in [6.07, 6.45) is 0.773. The number of nitrogens with one attached hydrogen (secondary N) is 1. The molecule has 0 fully saturated rings. The maximum absolute atomic E-state index is 12.4. The first kappa shape index (κ1) is 13.7. The number of Topliss-reactive ketones (excluding diaryl/α,β-unsaturated/α-hetero) is 1. The molecule has 1 aliphatic rings. The highest BCUT2D eigenvalue weighted by Gasteiger charge is 2.26. The molecule has 1 aromatic carbocycles. The number of nitrogens with zero attached hydrogens (tertiary/aromatic N) is 2. The molecule has 1 unspecified atom stereocenters. The summed E-state index contributed by atoms with van der Waals surface area (Å²) in [4.78, 5) is 12.4. The molecule has 1 atom stereocenters. The summed E-state index contributed by atoms with van der Waals surface area (Å²) in [5.74, 6) is 0.809. The van der Waals surface area contributed by atoms with Crippen LogP contribution in [0.4, 0.5) is 5.69 Å². The summed E-state index contributed by atoms with van der Waals surface area (Å²) in [6, 6.07) is 9.66. The van der Waals surface area contributed by atoms with Crippen LogP contribution in [-0.2, 0) is 24.7 Å². The molecular weight excluding hydrogens is 266 g/mol. The zero-order chi connectivity index (χ0) is 14.8. The summed E-state index contributed by atoms with van der Waals surface area (Å²) in [6.45, 7) is 2.56. The number of aromatic nitrogens is 2. The average molecular weight is 285 g/mol. The normalized spacial score (nSPS) is 16.8. The molecule has 1 aromatic heterocycles. The van der Waals surface area contributed by atoms with Crippen molar-refractivity contribution < 1.29 is 9.53 Å². The monoisotopic (exact) mass is 285 g/mol. The number of anilines is 1. The molecule has 21 heavy (non-hydrogen) atoms. The number of rotatable bonds is 4. The number of carbonyl (C=O) groups is 1. The van der Waals surface area contributed by atoms with Crippen molar-refractivity contribution in [1.82, 2.24) is 9.78 Å². The van der Waals surface area contributed by atoms with E-state index in [0.717, 1.165) is 29.2 Å². The van der Waals surface area contributed by atoms with Gasteiger partial charge in [-0.2, -0.15) is 5.10 Å². The third kappa shape index (κ3) is 2.77. The summed E-state index contributed by atoms with van der Waals surface area (Å²) < 4.78 is 7.58. The van der Waals surface area contributed by atoms with E-state index in [0.29, 0.717) is 13.0 Å². The number of para-hydroxylation sites is 2. The van der Waals surface area contributed by atoms with E-state index in [1.807, 2.05) is 37.4 Å². The largest absolute Gasteiger partial charge is 0.479 e. The molecule has 1 aliphatic heterocycles. The topological polar surface area (TPSA) is 56.1 Å². The van der Waals surface area contributed by atoms with Gasteiger partial charge in [0.05, 0.1) is 24.3 Å². The van der Waals surface area contributed by atoms with Crippen LogP contribution in [-0.4, -0.2) is 28.2 Å². The van der Waals surface area contributed by atoms with Gasteiger partial charge in [0.15, 0.2) is 11.9 Å². The minimum absolute atomic E-state index is 0.0719. The van der Waals surface area contributed by atoms with E-state index in [1.54, 1.807) is 4.68 Å². The van der Waals surface area contributed by atoms with Gasteiger partial charge < -0.3 is 10.1 Å². The molecule has 1 N–H and O–H groups in total. The van der Waals surface area contributed by atoms with Gasteiger partial charge in [-0.15, -0.1) is 0 Å². The molecule has 2 aromatic rings. The molecule has 0 radical (unpaired) electrons. The van der Waals surface area contributed by atoms with Gasteiger partial charge in [-0.3, -0.25) is 9.48 Å². The van der Waals surface area contributed by atoms with Gasteiger partial charge in [-0.25, -0.2) is 0 Å². The Morgan fingerprint density at radius 2 is 2.29 bits per heavy atom. The number of hydrogen-bond donors (Lipinski definition) is 1. The predicted molar refractivity (Wildman–Crippen MR) is 80.6 cm³/mol. The van der Waals surface area contributed by atoms with E-state index < -0.39 is 6.10 Å². The lowest BCUT2D eigenvalue weighted by Crippen LogP contribution is -2.38. The van der Waals surface area contributed by atoms with Gasteiger partial charge in [0.25, 0.3) is 0 Å². The summed E-state index contributed by atoms with van der Waals surface area (Å²) >= 11 is 0. The molecule has 0 spiro atoms. The number of benzene rings is 1. The molecular formula is C16H19N3O2. The molecule has 0 amide bonds. The molecule has 0 aliphatic carbocycles. The van der Waals surface area contributed by atoms with E-state index >= 15 is 0 Å². The Morgan fingerprint density at radius 1 is 1.48 bits per heavy atom.